The van der Waals surface area contributed by atoms with Crippen LogP contribution in [0.5, 0.6) is 0 Å². The van der Waals surface area contributed by atoms with Crippen LogP contribution in [0.25, 0.3) is 5.65 Å². The molecule has 108 valence electrons. The van der Waals surface area contributed by atoms with E-state index in [1.54, 1.807) is 0 Å². The van der Waals surface area contributed by atoms with Crippen LogP contribution in [0.1, 0.15) is 33.1 Å². The Labute approximate surface area is 120 Å². The van der Waals surface area contributed by atoms with Crippen molar-refractivity contribution in [3.05, 3.63) is 24.4 Å². The molecule has 1 unspecified atom stereocenters. The van der Waals surface area contributed by atoms with E-state index in [-0.39, 0.29) is 0 Å². The van der Waals surface area contributed by atoms with Crippen molar-refractivity contribution in [2.24, 2.45) is 0 Å². The Morgan fingerprint density at radius 1 is 1.40 bits per heavy atom. The summed E-state index contributed by atoms with van der Waals surface area (Å²) < 4.78 is 1.85. The van der Waals surface area contributed by atoms with Crippen molar-refractivity contribution in [1.82, 2.24) is 19.9 Å². The molecular weight excluding hydrogens is 250 g/mol. The summed E-state index contributed by atoms with van der Waals surface area (Å²) in [5, 5.41) is 8.21. The van der Waals surface area contributed by atoms with Gasteiger partial charge in [0.25, 0.3) is 0 Å². The third kappa shape index (κ3) is 2.77. The second kappa shape index (κ2) is 5.79. The van der Waals surface area contributed by atoms with Crippen LogP contribution < -0.4 is 10.2 Å². The van der Waals surface area contributed by atoms with E-state index in [2.05, 4.69) is 34.1 Å². The molecule has 0 bridgehead atoms. The van der Waals surface area contributed by atoms with Crippen molar-refractivity contribution in [3.63, 3.8) is 0 Å². The second-order valence-corrected chi connectivity index (χ2v) is 5.81. The Morgan fingerprint density at radius 2 is 2.30 bits per heavy atom. The first kappa shape index (κ1) is 13.4. The molecule has 1 fully saturated rings. The number of nitrogens with one attached hydrogen (secondary N) is 1. The average molecular weight is 273 g/mol. The lowest BCUT2D eigenvalue weighted by Gasteiger charge is -2.32. The van der Waals surface area contributed by atoms with Gasteiger partial charge in [-0.2, -0.15) is 4.98 Å². The van der Waals surface area contributed by atoms with E-state index in [9.17, 15) is 0 Å². The molecule has 1 saturated heterocycles. The number of rotatable bonds is 4. The molecule has 5 heteroatoms. The number of aromatic nitrogens is 3. The maximum absolute atomic E-state index is 4.65. The molecule has 1 atom stereocenters. The number of fused-ring (bicyclic) bond motifs is 1. The summed E-state index contributed by atoms with van der Waals surface area (Å²) >= 11 is 0. The van der Waals surface area contributed by atoms with Gasteiger partial charge in [-0.15, -0.1) is 5.10 Å². The minimum atomic E-state index is 0.399. The summed E-state index contributed by atoms with van der Waals surface area (Å²) in [7, 11) is 0. The van der Waals surface area contributed by atoms with Gasteiger partial charge in [-0.25, -0.2) is 4.52 Å². The number of anilines is 1. The van der Waals surface area contributed by atoms with Gasteiger partial charge in [0.2, 0.25) is 5.95 Å². The maximum atomic E-state index is 4.65. The highest BCUT2D eigenvalue weighted by atomic mass is 15.4. The van der Waals surface area contributed by atoms with Gasteiger partial charge in [0, 0.05) is 24.8 Å². The molecular formula is C15H23N5. The molecule has 1 N–H and O–H groups in total. The first-order valence-electron chi connectivity index (χ1n) is 7.55. The average Bonchev–Trinajstić information content (AvgIpc) is 2.89. The zero-order valence-corrected chi connectivity index (χ0v) is 12.3. The molecule has 0 spiro atoms. The van der Waals surface area contributed by atoms with E-state index in [1.165, 1.54) is 19.3 Å². The van der Waals surface area contributed by atoms with Gasteiger partial charge in [0.05, 0.1) is 0 Å². The smallest absolute Gasteiger partial charge is 0.245 e. The Balaban J connectivity index is 1.81. The highest BCUT2D eigenvalue weighted by molar-refractivity contribution is 5.44. The van der Waals surface area contributed by atoms with E-state index in [0.29, 0.717) is 12.1 Å². The monoisotopic (exact) mass is 273 g/mol. The molecule has 0 amide bonds. The van der Waals surface area contributed by atoms with E-state index < -0.39 is 0 Å². The summed E-state index contributed by atoms with van der Waals surface area (Å²) in [6, 6.07) is 6.92. The van der Waals surface area contributed by atoms with Crippen LogP contribution in [0.3, 0.4) is 0 Å². The van der Waals surface area contributed by atoms with Crippen molar-refractivity contribution in [3.8, 4) is 0 Å². The van der Waals surface area contributed by atoms with Crippen LogP contribution in [0.4, 0.5) is 5.95 Å². The zero-order valence-electron chi connectivity index (χ0n) is 12.3. The van der Waals surface area contributed by atoms with Gasteiger partial charge in [0.15, 0.2) is 5.65 Å². The molecule has 0 aromatic carbocycles. The predicted molar refractivity (Wildman–Crippen MR) is 81.1 cm³/mol. The minimum Gasteiger partial charge on any atom is -0.336 e. The maximum Gasteiger partial charge on any atom is 0.245 e. The second-order valence-electron chi connectivity index (χ2n) is 5.81. The Morgan fingerprint density at radius 3 is 3.00 bits per heavy atom. The van der Waals surface area contributed by atoms with Crippen LogP contribution in [-0.4, -0.2) is 39.8 Å². The largest absolute Gasteiger partial charge is 0.336 e. The first-order valence-corrected chi connectivity index (χ1v) is 7.55. The first-order chi connectivity index (χ1) is 9.74. The molecule has 0 radical (unpaired) electrons. The van der Waals surface area contributed by atoms with E-state index in [0.717, 1.165) is 24.7 Å². The van der Waals surface area contributed by atoms with Gasteiger partial charge in [-0.05, 0) is 45.4 Å². The highest BCUT2D eigenvalue weighted by Gasteiger charge is 2.21. The number of hydrogen-bond donors (Lipinski definition) is 1. The van der Waals surface area contributed by atoms with Crippen LogP contribution in [0.2, 0.25) is 0 Å². The standard InChI is InChI=1S/C15H23N5/c1-12(2)19(11-13-7-3-5-9-16-13)15-17-14-8-4-6-10-20(14)18-15/h4,6,8,10,12-13,16H,3,5,7,9,11H2,1-2H3. The molecule has 2 aromatic rings. The van der Waals surface area contributed by atoms with Gasteiger partial charge in [-0.3, -0.25) is 0 Å². The lowest BCUT2D eigenvalue weighted by Crippen LogP contribution is -2.46. The molecule has 2 aromatic heterocycles. The SMILES string of the molecule is CC(C)N(CC1CCCCN1)c1nc2ccccn2n1. The van der Waals surface area contributed by atoms with E-state index in [1.807, 2.05) is 28.9 Å². The molecule has 3 rings (SSSR count). The highest BCUT2D eigenvalue weighted by Crippen LogP contribution is 2.16. The molecule has 5 nitrogen and oxygen atoms in total. The fourth-order valence-electron chi connectivity index (χ4n) is 2.78. The Kier molecular flexibility index (Phi) is 3.87. The minimum absolute atomic E-state index is 0.399. The van der Waals surface area contributed by atoms with Gasteiger partial charge in [0.1, 0.15) is 0 Å². The topological polar surface area (TPSA) is 45.5 Å². The summed E-state index contributed by atoms with van der Waals surface area (Å²) in [4.78, 5) is 6.95. The van der Waals surface area contributed by atoms with Crippen molar-refractivity contribution in [2.45, 2.75) is 45.2 Å². The molecule has 1 aliphatic rings. The van der Waals surface area contributed by atoms with E-state index >= 15 is 0 Å². The van der Waals surface area contributed by atoms with Crippen molar-refractivity contribution in [2.75, 3.05) is 18.0 Å². The molecule has 0 saturated carbocycles. The Hall–Kier alpha value is -1.62. The zero-order chi connectivity index (χ0) is 13.9. The van der Waals surface area contributed by atoms with Crippen LogP contribution in [-0.2, 0) is 0 Å². The van der Waals surface area contributed by atoms with E-state index in [4.69, 9.17) is 0 Å². The number of hydrogen-bond acceptors (Lipinski definition) is 4. The van der Waals surface area contributed by atoms with Crippen LogP contribution in [0.15, 0.2) is 24.4 Å². The predicted octanol–water partition coefficient (Wildman–Crippen LogP) is 2.09. The summed E-state index contributed by atoms with van der Waals surface area (Å²) in [6.45, 7) is 6.52. The molecule has 0 aliphatic carbocycles. The third-order valence-electron chi connectivity index (χ3n) is 3.94. The van der Waals surface area contributed by atoms with Crippen molar-refractivity contribution in [1.29, 1.82) is 0 Å². The lowest BCUT2D eigenvalue weighted by atomic mass is 10.0. The van der Waals surface area contributed by atoms with Crippen LogP contribution >= 0.6 is 0 Å². The summed E-state index contributed by atoms with van der Waals surface area (Å²) in [5.41, 5.74) is 0.907. The summed E-state index contributed by atoms with van der Waals surface area (Å²) in [6.07, 6.45) is 5.81. The normalized spacial score (nSPS) is 19.6. The molecule has 3 heterocycles. The fraction of sp³-hybridized carbons (Fsp3) is 0.600. The molecule has 1 aliphatic heterocycles. The molecule has 20 heavy (non-hydrogen) atoms. The third-order valence-corrected chi connectivity index (χ3v) is 3.94. The quantitative estimate of drug-likeness (QED) is 0.926. The van der Waals surface area contributed by atoms with Gasteiger partial charge >= 0.3 is 0 Å². The number of pyridine rings is 1. The van der Waals surface area contributed by atoms with Gasteiger partial charge < -0.3 is 10.2 Å². The lowest BCUT2D eigenvalue weighted by molar-refractivity contribution is 0.392. The van der Waals surface area contributed by atoms with Crippen molar-refractivity contribution >= 4 is 11.6 Å². The van der Waals surface area contributed by atoms with Crippen molar-refractivity contribution < 1.29 is 0 Å². The number of piperidine rings is 1. The summed E-state index contributed by atoms with van der Waals surface area (Å²) in [5.74, 6) is 0.832. The fourth-order valence-corrected chi connectivity index (χ4v) is 2.78. The van der Waals surface area contributed by atoms with Gasteiger partial charge in [-0.1, -0.05) is 12.5 Å². The Bertz CT molecular complexity index is 523. The van der Waals surface area contributed by atoms with Crippen LogP contribution in [0, 0.1) is 0 Å². The number of nitrogens with zero attached hydrogens (tertiary/aromatic N) is 4.